The average molecular weight is 332 g/mol. The molecule has 0 aliphatic heterocycles. The lowest BCUT2D eigenvalue weighted by Crippen LogP contribution is -1.90. The van der Waals surface area contributed by atoms with Gasteiger partial charge in [0.05, 0.1) is 15.9 Å². The molecular weight excluding hydrogens is 320 g/mol. The van der Waals surface area contributed by atoms with Crippen molar-refractivity contribution in [2.75, 3.05) is 7.05 Å². The molecule has 1 aromatic carbocycles. The van der Waals surface area contributed by atoms with Gasteiger partial charge in [0.2, 0.25) is 0 Å². The SMILES string of the molecule is C=Nc1sc2cc(-c3cccc4cccnc34)nnc2c1N=NC. The number of thiophene rings is 1. The van der Waals surface area contributed by atoms with E-state index in [1.54, 1.807) is 13.2 Å². The van der Waals surface area contributed by atoms with Gasteiger partial charge < -0.3 is 0 Å². The highest BCUT2D eigenvalue weighted by molar-refractivity contribution is 7.23. The summed E-state index contributed by atoms with van der Waals surface area (Å²) < 4.78 is 0.942. The van der Waals surface area contributed by atoms with Crippen molar-refractivity contribution < 1.29 is 0 Å². The molecule has 6 nitrogen and oxygen atoms in total. The van der Waals surface area contributed by atoms with Crippen LogP contribution in [-0.4, -0.2) is 28.9 Å². The first kappa shape index (κ1) is 14.5. The van der Waals surface area contributed by atoms with Crippen molar-refractivity contribution in [2.45, 2.75) is 0 Å². The second-order valence-corrected chi connectivity index (χ2v) is 6.07. The van der Waals surface area contributed by atoms with Crippen LogP contribution in [0.5, 0.6) is 0 Å². The van der Waals surface area contributed by atoms with E-state index in [1.165, 1.54) is 11.3 Å². The number of azo groups is 1. The Bertz CT molecular complexity index is 1090. The summed E-state index contributed by atoms with van der Waals surface area (Å²) in [4.78, 5) is 8.49. The van der Waals surface area contributed by atoms with Crippen molar-refractivity contribution in [1.29, 1.82) is 0 Å². The number of fused-ring (bicyclic) bond motifs is 2. The predicted octanol–water partition coefficient (Wildman–Crippen LogP) is 4.95. The van der Waals surface area contributed by atoms with Crippen molar-refractivity contribution in [3.8, 4) is 11.3 Å². The molecule has 4 rings (SSSR count). The van der Waals surface area contributed by atoms with Crippen LogP contribution in [0.4, 0.5) is 10.7 Å². The van der Waals surface area contributed by atoms with Crippen molar-refractivity contribution >= 4 is 49.9 Å². The number of pyridine rings is 1. The summed E-state index contributed by atoms with van der Waals surface area (Å²) in [5.41, 5.74) is 3.92. The topological polar surface area (TPSA) is 75.8 Å². The second kappa shape index (κ2) is 5.86. The van der Waals surface area contributed by atoms with Crippen LogP contribution in [0.2, 0.25) is 0 Å². The van der Waals surface area contributed by atoms with Gasteiger partial charge in [-0.2, -0.15) is 10.2 Å². The number of aliphatic imine (C=N–C) groups is 1. The molecule has 0 amide bonds. The molecule has 0 N–H and O–H groups in total. The van der Waals surface area contributed by atoms with Crippen LogP contribution in [0.1, 0.15) is 0 Å². The number of hydrogen-bond donors (Lipinski definition) is 0. The summed E-state index contributed by atoms with van der Waals surface area (Å²) in [6.45, 7) is 3.59. The molecule has 0 saturated heterocycles. The van der Waals surface area contributed by atoms with Gasteiger partial charge in [-0.3, -0.25) is 9.98 Å². The molecular formula is C17H12N6S. The van der Waals surface area contributed by atoms with Crippen molar-refractivity contribution in [3.63, 3.8) is 0 Å². The van der Waals surface area contributed by atoms with E-state index in [0.717, 1.165) is 26.9 Å². The summed E-state index contributed by atoms with van der Waals surface area (Å²) in [7, 11) is 1.61. The van der Waals surface area contributed by atoms with E-state index in [4.69, 9.17) is 0 Å². The minimum atomic E-state index is 0.614. The summed E-state index contributed by atoms with van der Waals surface area (Å²) in [6, 6.07) is 12.0. The van der Waals surface area contributed by atoms with E-state index in [2.05, 4.69) is 37.1 Å². The van der Waals surface area contributed by atoms with Gasteiger partial charge in [0.25, 0.3) is 0 Å². The number of hydrogen-bond acceptors (Lipinski definition) is 7. The van der Waals surface area contributed by atoms with Gasteiger partial charge in [0.15, 0.2) is 0 Å². The molecule has 0 atom stereocenters. The average Bonchev–Trinajstić information content (AvgIpc) is 2.98. The van der Waals surface area contributed by atoms with Crippen LogP contribution in [0.25, 0.3) is 32.4 Å². The zero-order valence-electron chi connectivity index (χ0n) is 12.8. The Balaban J connectivity index is 1.96. The molecule has 4 aromatic rings. The van der Waals surface area contributed by atoms with Crippen LogP contribution in [0.3, 0.4) is 0 Å². The van der Waals surface area contributed by atoms with E-state index in [1.807, 2.05) is 36.4 Å². The van der Waals surface area contributed by atoms with E-state index in [9.17, 15) is 0 Å². The summed E-state index contributed by atoms with van der Waals surface area (Å²) in [6.07, 6.45) is 1.78. The molecule has 7 heteroatoms. The highest BCUT2D eigenvalue weighted by Gasteiger charge is 2.15. The lowest BCUT2D eigenvalue weighted by molar-refractivity contribution is 1.08. The molecule has 116 valence electrons. The number of benzene rings is 1. The highest BCUT2D eigenvalue weighted by atomic mass is 32.1. The van der Waals surface area contributed by atoms with E-state index in [-0.39, 0.29) is 0 Å². The summed E-state index contributed by atoms with van der Waals surface area (Å²) in [5, 5.41) is 18.4. The maximum absolute atomic E-state index is 4.48. The highest BCUT2D eigenvalue weighted by Crippen LogP contribution is 2.43. The Morgan fingerprint density at radius 1 is 1.08 bits per heavy atom. The first-order valence-corrected chi connectivity index (χ1v) is 8.04. The van der Waals surface area contributed by atoms with Crippen molar-refractivity contribution in [2.24, 2.45) is 15.2 Å². The number of para-hydroxylation sites is 1. The molecule has 3 heterocycles. The Morgan fingerprint density at radius 2 is 1.96 bits per heavy atom. The number of aromatic nitrogens is 3. The molecule has 3 aromatic heterocycles. The van der Waals surface area contributed by atoms with Gasteiger partial charge >= 0.3 is 0 Å². The molecule has 0 spiro atoms. The first-order chi connectivity index (χ1) is 11.8. The van der Waals surface area contributed by atoms with E-state index < -0.39 is 0 Å². The third kappa shape index (κ3) is 2.26. The molecule has 0 fully saturated rings. The van der Waals surface area contributed by atoms with Gasteiger partial charge in [-0.15, -0.1) is 21.5 Å². The Labute approximate surface area is 141 Å². The molecule has 0 aliphatic rings. The maximum Gasteiger partial charge on any atom is 0.150 e. The monoisotopic (exact) mass is 332 g/mol. The number of rotatable bonds is 3. The first-order valence-electron chi connectivity index (χ1n) is 7.22. The van der Waals surface area contributed by atoms with Crippen molar-refractivity contribution in [1.82, 2.24) is 15.2 Å². The van der Waals surface area contributed by atoms with Gasteiger partial charge in [0, 0.05) is 24.2 Å². The molecule has 24 heavy (non-hydrogen) atoms. The van der Waals surface area contributed by atoms with Crippen LogP contribution >= 0.6 is 11.3 Å². The minimum absolute atomic E-state index is 0.614. The van der Waals surface area contributed by atoms with Crippen LogP contribution < -0.4 is 0 Å². The maximum atomic E-state index is 4.48. The van der Waals surface area contributed by atoms with Crippen LogP contribution in [-0.2, 0) is 0 Å². The zero-order valence-corrected chi connectivity index (χ0v) is 13.7. The van der Waals surface area contributed by atoms with Crippen LogP contribution in [0, 0.1) is 0 Å². The largest absolute Gasteiger partial charge is 0.256 e. The smallest absolute Gasteiger partial charge is 0.150 e. The van der Waals surface area contributed by atoms with Gasteiger partial charge in [-0.1, -0.05) is 24.3 Å². The minimum Gasteiger partial charge on any atom is -0.256 e. The Kier molecular flexibility index (Phi) is 3.55. The van der Waals surface area contributed by atoms with Gasteiger partial charge in [0.1, 0.15) is 16.2 Å². The quantitative estimate of drug-likeness (QED) is 0.393. The fraction of sp³-hybridized carbons (Fsp3) is 0.0588. The van der Waals surface area contributed by atoms with Crippen molar-refractivity contribution in [3.05, 3.63) is 42.6 Å². The normalized spacial score (nSPS) is 11.5. The lowest BCUT2D eigenvalue weighted by atomic mass is 10.1. The fourth-order valence-electron chi connectivity index (χ4n) is 2.61. The molecule has 0 radical (unpaired) electrons. The van der Waals surface area contributed by atoms with E-state index in [0.29, 0.717) is 16.2 Å². The fourth-order valence-corrected chi connectivity index (χ4v) is 3.52. The molecule has 0 saturated carbocycles. The van der Waals surface area contributed by atoms with Crippen LogP contribution in [0.15, 0.2) is 57.8 Å². The molecule has 0 aliphatic carbocycles. The Morgan fingerprint density at radius 3 is 2.79 bits per heavy atom. The summed E-state index contributed by atoms with van der Waals surface area (Å²) >= 11 is 1.47. The molecule has 0 unspecified atom stereocenters. The Hall–Kier alpha value is -3.06. The van der Waals surface area contributed by atoms with E-state index >= 15 is 0 Å². The molecule has 0 bridgehead atoms. The lowest BCUT2D eigenvalue weighted by Gasteiger charge is -2.04. The third-order valence-electron chi connectivity index (χ3n) is 3.64. The third-order valence-corrected chi connectivity index (χ3v) is 4.69. The standard InChI is InChI=1S/C17H12N6S/c1-18-17-16(22-19-2)15-13(24-17)9-12(21-23-15)11-7-3-5-10-6-4-8-20-14(10)11/h3-9H,1H2,2H3. The second-order valence-electron chi connectivity index (χ2n) is 5.04. The zero-order chi connectivity index (χ0) is 16.5. The summed E-state index contributed by atoms with van der Waals surface area (Å²) in [5.74, 6) is 0. The predicted molar refractivity (Wildman–Crippen MR) is 97.8 cm³/mol. The number of nitrogens with zero attached hydrogens (tertiary/aromatic N) is 6. The van der Waals surface area contributed by atoms with Gasteiger partial charge in [-0.25, -0.2) is 0 Å². The van der Waals surface area contributed by atoms with Gasteiger partial charge in [-0.05, 0) is 18.9 Å².